The first-order chi connectivity index (χ1) is 18.4. The van der Waals surface area contributed by atoms with Crippen molar-refractivity contribution in [3.63, 3.8) is 0 Å². The molecule has 208 valence electrons. The number of nitrogens with zero attached hydrogens (tertiary/aromatic N) is 4. The average molecular weight is 559 g/mol. The van der Waals surface area contributed by atoms with Gasteiger partial charge in [-0.25, -0.2) is 17.9 Å². The second-order valence-corrected chi connectivity index (χ2v) is 12.2. The van der Waals surface area contributed by atoms with Crippen LogP contribution in [-0.4, -0.2) is 57.2 Å². The molecule has 3 aromatic rings. The van der Waals surface area contributed by atoms with E-state index in [2.05, 4.69) is 30.8 Å². The van der Waals surface area contributed by atoms with Gasteiger partial charge >= 0.3 is 0 Å². The van der Waals surface area contributed by atoms with Gasteiger partial charge in [-0.05, 0) is 76.4 Å². The zero-order valence-electron chi connectivity index (χ0n) is 22.7. The van der Waals surface area contributed by atoms with E-state index in [1.54, 1.807) is 12.1 Å². The van der Waals surface area contributed by atoms with Gasteiger partial charge < -0.3 is 4.90 Å². The van der Waals surface area contributed by atoms with E-state index in [1.807, 2.05) is 22.6 Å². The molecular weight excluding hydrogens is 525 g/mol. The zero-order valence-corrected chi connectivity index (χ0v) is 23.5. The number of carbonyl (C=O) groups is 1. The van der Waals surface area contributed by atoms with Gasteiger partial charge in [0.2, 0.25) is 5.91 Å². The maximum Gasteiger partial charge on any atom is 0.227 e. The summed E-state index contributed by atoms with van der Waals surface area (Å²) in [5.41, 5.74) is 2.76. The highest BCUT2D eigenvalue weighted by Gasteiger charge is 2.44. The van der Waals surface area contributed by atoms with Crippen LogP contribution >= 0.6 is 11.6 Å². The van der Waals surface area contributed by atoms with Crippen LogP contribution < -0.4 is 0 Å². The van der Waals surface area contributed by atoms with Gasteiger partial charge in [0.15, 0.2) is 0 Å². The predicted molar refractivity (Wildman–Crippen MR) is 146 cm³/mol. The lowest BCUT2D eigenvalue weighted by Crippen LogP contribution is -2.44. The quantitative estimate of drug-likeness (QED) is 0.368. The monoisotopic (exact) mass is 558 g/mol. The molecule has 0 bridgehead atoms. The number of aromatic nitrogens is 2. The van der Waals surface area contributed by atoms with Gasteiger partial charge in [0.25, 0.3) is 0 Å². The standard InChI is InChI=1S/C30H34ClF3N4O/c1-18-13-28(38(35-18)21-6-8-26(33)25(31)15-21)19-9-11-36(12-10-19)29(39)24-17-37(30(2,3)4)16-23(24)22-7-5-20(32)14-27(22)34/h5-8,13-15,19,23-24H,9-12,16-17H2,1-4H3/t23-,24+/m0/s1. The number of piperidine rings is 1. The Morgan fingerprint density at radius 2 is 1.69 bits per heavy atom. The van der Waals surface area contributed by atoms with Crippen molar-refractivity contribution in [3.8, 4) is 5.69 Å². The van der Waals surface area contributed by atoms with Crippen LogP contribution in [0.5, 0.6) is 0 Å². The Hall–Kier alpha value is -2.84. The molecule has 0 N–H and O–H groups in total. The van der Waals surface area contributed by atoms with Crippen molar-refractivity contribution in [2.24, 2.45) is 5.92 Å². The van der Waals surface area contributed by atoms with Crippen LogP contribution in [0.25, 0.3) is 5.69 Å². The first-order valence-corrected chi connectivity index (χ1v) is 13.8. The van der Waals surface area contributed by atoms with E-state index in [0.717, 1.165) is 30.3 Å². The Kier molecular flexibility index (Phi) is 7.55. The highest BCUT2D eigenvalue weighted by Crippen LogP contribution is 2.40. The summed E-state index contributed by atoms with van der Waals surface area (Å²) in [6.45, 7) is 10.4. The number of aryl methyl sites for hydroxylation is 1. The fourth-order valence-corrected chi connectivity index (χ4v) is 6.16. The number of halogens is 4. The number of likely N-dealkylation sites (tertiary alicyclic amines) is 2. The third-order valence-electron chi connectivity index (χ3n) is 8.18. The molecule has 1 aromatic heterocycles. The van der Waals surface area contributed by atoms with E-state index < -0.39 is 23.4 Å². The van der Waals surface area contributed by atoms with Gasteiger partial charge in [0.1, 0.15) is 17.5 Å². The van der Waals surface area contributed by atoms with Gasteiger partial charge in [0.05, 0.1) is 22.3 Å². The average Bonchev–Trinajstić information content (AvgIpc) is 3.50. The van der Waals surface area contributed by atoms with E-state index in [0.29, 0.717) is 37.4 Å². The lowest BCUT2D eigenvalue weighted by atomic mass is 9.86. The Morgan fingerprint density at radius 1 is 0.974 bits per heavy atom. The summed E-state index contributed by atoms with van der Waals surface area (Å²) in [4.78, 5) is 18.0. The molecule has 0 radical (unpaired) electrons. The molecule has 5 nitrogen and oxygen atoms in total. The summed E-state index contributed by atoms with van der Waals surface area (Å²) in [6, 6.07) is 10.3. The third kappa shape index (κ3) is 5.59. The summed E-state index contributed by atoms with van der Waals surface area (Å²) < 4.78 is 44.1. The number of carbonyl (C=O) groups excluding carboxylic acids is 1. The minimum atomic E-state index is -0.621. The molecule has 2 aliphatic heterocycles. The number of hydrogen-bond acceptors (Lipinski definition) is 3. The molecule has 0 aliphatic carbocycles. The van der Waals surface area contributed by atoms with Crippen molar-refractivity contribution in [2.75, 3.05) is 26.2 Å². The fraction of sp³-hybridized carbons (Fsp3) is 0.467. The first-order valence-electron chi connectivity index (χ1n) is 13.4. The second kappa shape index (κ2) is 10.6. The van der Waals surface area contributed by atoms with Crippen molar-refractivity contribution in [3.05, 3.63) is 81.9 Å². The molecule has 2 aromatic carbocycles. The number of hydrogen-bond donors (Lipinski definition) is 0. The molecule has 2 fully saturated rings. The first kappa shape index (κ1) is 27.7. The largest absolute Gasteiger partial charge is 0.342 e. The summed E-state index contributed by atoms with van der Waals surface area (Å²) >= 11 is 6.03. The molecule has 0 spiro atoms. The van der Waals surface area contributed by atoms with Crippen LogP contribution in [0.4, 0.5) is 13.2 Å². The topological polar surface area (TPSA) is 41.4 Å². The van der Waals surface area contributed by atoms with Crippen LogP contribution in [-0.2, 0) is 4.79 Å². The molecule has 2 saturated heterocycles. The van der Waals surface area contributed by atoms with E-state index in [-0.39, 0.29) is 28.3 Å². The van der Waals surface area contributed by atoms with Crippen molar-refractivity contribution in [1.82, 2.24) is 19.6 Å². The normalized spacial score (nSPS) is 21.1. The summed E-state index contributed by atoms with van der Waals surface area (Å²) in [7, 11) is 0. The molecule has 5 rings (SSSR count). The Bertz CT molecular complexity index is 1380. The van der Waals surface area contributed by atoms with Crippen LogP contribution in [0.15, 0.2) is 42.5 Å². The Morgan fingerprint density at radius 3 is 2.33 bits per heavy atom. The minimum absolute atomic E-state index is 0.0175. The fourth-order valence-electron chi connectivity index (χ4n) is 5.98. The van der Waals surface area contributed by atoms with Crippen molar-refractivity contribution < 1.29 is 18.0 Å². The van der Waals surface area contributed by atoms with Gasteiger partial charge in [-0.1, -0.05) is 17.7 Å². The van der Waals surface area contributed by atoms with Gasteiger partial charge in [-0.15, -0.1) is 0 Å². The van der Waals surface area contributed by atoms with Gasteiger partial charge in [-0.3, -0.25) is 9.69 Å². The third-order valence-corrected chi connectivity index (χ3v) is 8.47. The predicted octanol–water partition coefficient (Wildman–Crippen LogP) is 6.47. The van der Waals surface area contributed by atoms with Crippen LogP contribution in [0.1, 0.15) is 62.4 Å². The van der Waals surface area contributed by atoms with E-state index in [1.165, 1.54) is 18.2 Å². The van der Waals surface area contributed by atoms with E-state index in [9.17, 15) is 18.0 Å². The molecule has 9 heteroatoms. The summed E-state index contributed by atoms with van der Waals surface area (Å²) in [6.07, 6.45) is 1.49. The molecule has 0 unspecified atom stereocenters. The molecule has 2 aliphatic rings. The molecule has 0 saturated carbocycles. The Labute approximate surface area is 232 Å². The van der Waals surface area contributed by atoms with Gasteiger partial charge in [-0.2, -0.15) is 5.10 Å². The maximum absolute atomic E-state index is 14.8. The highest BCUT2D eigenvalue weighted by atomic mass is 35.5. The zero-order chi connectivity index (χ0) is 28.1. The molecule has 2 atom stereocenters. The lowest BCUT2D eigenvalue weighted by molar-refractivity contribution is -0.136. The smallest absolute Gasteiger partial charge is 0.227 e. The van der Waals surface area contributed by atoms with Crippen molar-refractivity contribution in [2.45, 2.75) is 57.9 Å². The second-order valence-electron chi connectivity index (χ2n) is 11.8. The number of rotatable bonds is 4. The number of benzene rings is 2. The van der Waals surface area contributed by atoms with E-state index in [4.69, 9.17) is 11.6 Å². The van der Waals surface area contributed by atoms with Crippen LogP contribution in [0.3, 0.4) is 0 Å². The molecule has 39 heavy (non-hydrogen) atoms. The molecule has 1 amide bonds. The summed E-state index contributed by atoms with van der Waals surface area (Å²) in [5, 5.41) is 4.66. The lowest BCUT2D eigenvalue weighted by Gasteiger charge is -2.35. The number of amides is 1. The van der Waals surface area contributed by atoms with Gasteiger partial charge in [0, 0.05) is 55.3 Å². The van der Waals surface area contributed by atoms with Crippen LogP contribution in [0.2, 0.25) is 5.02 Å². The molecular formula is C30H34ClF3N4O. The maximum atomic E-state index is 14.8. The highest BCUT2D eigenvalue weighted by molar-refractivity contribution is 6.30. The van der Waals surface area contributed by atoms with Crippen molar-refractivity contribution in [1.29, 1.82) is 0 Å². The van der Waals surface area contributed by atoms with E-state index >= 15 is 0 Å². The molecule has 3 heterocycles. The van der Waals surface area contributed by atoms with Crippen LogP contribution in [0, 0.1) is 30.3 Å². The summed E-state index contributed by atoms with van der Waals surface area (Å²) in [5.74, 6) is -2.27. The minimum Gasteiger partial charge on any atom is -0.342 e. The SMILES string of the molecule is Cc1cc(C2CCN(C(=O)[C@@H]3CN(C(C)(C)C)C[C@H]3c3ccc(F)cc3F)CC2)n(-c2ccc(F)c(Cl)c2)n1. The Balaban J connectivity index is 1.34. The van der Waals surface area contributed by atoms with Crippen molar-refractivity contribution >= 4 is 17.5 Å².